The molecule has 0 spiro atoms. The molecule has 11 nitrogen and oxygen atoms in total. The summed E-state index contributed by atoms with van der Waals surface area (Å²) in [5.74, 6) is -4.59. The van der Waals surface area contributed by atoms with E-state index in [2.05, 4.69) is 9.97 Å². The molecule has 0 saturated heterocycles. The van der Waals surface area contributed by atoms with E-state index in [0.29, 0.717) is 0 Å². The number of methoxy groups -OCH3 is 2. The third-order valence-electron chi connectivity index (χ3n) is 4.44. The highest BCUT2D eigenvalue weighted by Crippen LogP contribution is 2.35. The van der Waals surface area contributed by atoms with Crippen molar-refractivity contribution in [3.8, 4) is 17.2 Å². The summed E-state index contributed by atoms with van der Waals surface area (Å²) < 4.78 is 58.2. The molecule has 0 radical (unpaired) electrons. The van der Waals surface area contributed by atoms with Crippen molar-refractivity contribution >= 4 is 23.4 Å². The summed E-state index contributed by atoms with van der Waals surface area (Å²) in [6, 6.07) is 3.81. The van der Waals surface area contributed by atoms with Crippen molar-refractivity contribution < 1.29 is 42.2 Å². The van der Waals surface area contributed by atoms with E-state index in [1.54, 1.807) is 0 Å². The topological polar surface area (TPSA) is 137 Å². The van der Waals surface area contributed by atoms with Crippen molar-refractivity contribution in [3.05, 3.63) is 69.8 Å². The molecule has 0 aliphatic carbocycles. The van der Waals surface area contributed by atoms with Crippen LogP contribution in [0, 0.1) is 27.6 Å². The van der Waals surface area contributed by atoms with Gasteiger partial charge < -0.3 is 19.3 Å². The lowest BCUT2D eigenvalue weighted by Crippen LogP contribution is -2.27. The van der Waals surface area contributed by atoms with Gasteiger partial charge in [-0.3, -0.25) is 10.1 Å². The number of carboxylic acid groups (broad SMARTS) is 1. The fourth-order valence-electron chi connectivity index (χ4n) is 2.87. The highest BCUT2D eigenvalue weighted by Gasteiger charge is 2.31. The van der Waals surface area contributed by atoms with Gasteiger partial charge in [-0.05, 0) is 6.07 Å². The second-order valence-corrected chi connectivity index (χ2v) is 6.38. The van der Waals surface area contributed by atoms with Crippen LogP contribution in [0.15, 0.2) is 36.7 Å². The number of nitro benzene ring substituents is 1. The summed E-state index contributed by atoms with van der Waals surface area (Å²) >= 11 is 0. The molecule has 2 aromatic carbocycles. The molecule has 1 heterocycles. The number of amides is 1. The molecule has 0 fully saturated rings. The van der Waals surface area contributed by atoms with Crippen LogP contribution in [0.1, 0.15) is 5.56 Å². The van der Waals surface area contributed by atoms with E-state index in [-0.39, 0.29) is 22.1 Å². The maximum absolute atomic E-state index is 14.4. The fourth-order valence-corrected chi connectivity index (χ4v) is 2.87. The number of para-hydroxylation sites is 1. The summed E-state index contributed by atoms with van der Waals surface area (Å²) in [6.07, 6.45) is 0.0885. The van der Waals surface area contributed by atoms with E-state index in [1.807, 2.05) is 0 Å². The van der Waals surface area contributed by atoms with Crippen LogP contribution in [0.4, 0.5) is 35.3 Å². The Kier molecular flexibility index (Phi) is 6.99. The number of nitro groups is 1. The number of hydrogen-bond donors (Lipinski definition) is 1. The smallest absolute Gasteiger partial charge is 0.419 e. The Morgan fingerprint density at radius 1 is 1.12 bits per heavy atom. The average Bonchev–Trinajstić information content (AvgIpc) is 2.81. The van der Waals surface area contributed by atoms with E-state index >= 15 is 0 Å². The van der Waals surface area contributed by atoms with Gasteiger partial charge in [0.2, 0.25) is 5.95 Å². The van der Waals surface area contributed by atoms with Crippen LogP contribution in [0.25, 0.3) is 0 Å². The van der Waals surface area contributed by atoms with Gasteiger partial charge in [-0.15, -0.1) is 0 Å². The molecule has 0 saturated carbocycles. The van der Waals surface area contributed by atoms with Crippen molar-refractivity contribution in [2.45, 2.75) is 6.61 Å². The zero-order valence-electron chi connectivity index (χ0n) is 17.5. The quantitative estimate of drug-likeness (QED) is 0.371. The monoisotopic (exact) mass is 480 g/mol. The number of nitrogens with zero attached hydrogens (tertiary/aromatic N) is 4. The molecule has 0 aliphatic heterocycles. The lowest BCUT2D eigenvalue weighted by atomic mass is 10.1. The van der Waals surface area contributed by atoms with Gasteiger partial charge >= 0.3 is 6.09 Å². The number of ether oxygens (including phenoxy) is 3. The van der Waals surface area contributed by atoms with Gasteiger partial charge in [0, 0.05) is 12.1 Å². The Morgan fingerprint density at radius 2 is 1.71 bits per heavy atom. The van der Waals surface area contributed by atoms with Gasteiger partial charge in [0.1, 0.15) is 6.61 Å². The van der Waals surface area contributed by atoms with Crippen molar-refractivity contribution in [2.24, 2.45) is 0 Å². The number of benzene rings is 2. The summed E-state index contributed by atoms with van der Waals surface area (Å²) in [7, 11) is 2.36. The Hall–Kier alpha value is -4.62. The number of aromatic nitrogens is 2. The number of halogens is 3. The van der Waals surface area contributed by atoms with Crippen molar-refractivity contribution in [2.75, 3.05) is 19.1 Å². The Labute approximate surface area is 189 Å². The van der Waals surface area contributed by atoms with Gasteiger partial charge in [0.05, 0.1) is 37.1 Å². The molecule has 1 amide bonds. The fraction of sp³-hybridized carbons (Fsp3) is 0.150. The maximum Gasteiger partial charge on any atom is 0.419 e. The van der Waals surface area contributed by atoms with Crippen molar-refractivity contribution in [1.29, 1.82) is 0 Å². The van der Waals surface area contributed by atoms with E-state index in [1.165, 1.54) is 14.2 Å². The second-order valence-electron chi connectivity index (χ2n) is 6.38. The molecule has 1 N–H and O–H groups in total. The van der Waals surface area contributed by atoms with Crippen LogP contribution < -0.4 is 19.1 Å². The van der Waals surface area contributed by atoms with Gasteiger partial charge in [0.15, 0.2) is 40.4 Å². The van der Waals surface area contributed by atoms with Crippen LogP contribution in [0.5, 0.6) is 17.2 Å². The van der Waals surface area contributed by atoms with Crippen LogP contribution in [-0.4, -0.2) is 40.3 Å². The standard InChI is InChI=1S/C20H15F3N4O7/c1-32-14-6-15(33-2)17(23)11(16(14)22)9-34-10-7-24-19(25-8-10)26(20(28)29)18-12(21)4-3-5-13(18)27(30)31/h3-8H,9H2,1-2H3,(H,28,29). The molecule has 14 heteroatoms. The van der Waals surface area contributed by atoms with E-state index in [0.717, 1.165) is 36.7 Å². The Morgan fingerprint density at radius 3 is 2.21 bits per heavy atom. The summed E-state index contributed by atoms with van der Waals surface area (Å²) in [4.78, 5) is 29.6. The summed E-state index contributed by atoms with van der Waals surface area (Å²) in [5, 5.41) is 20.7. The average molecular weight is 480 g/mol. The third-order valence-corrected chi connectivity index (χ3v) is 4.44. The van der Waals surface area contributed by atoms with Gasteiger partial charge in [-0.1, -0.05) is 6.07 Å². The van der Waals surface area contributed by atoms with E-state index in [9.17, 15) is 33.2 Å². The van der Waals surface area contributed by atoms with Gasteiger partial charge in [-0.2, -0.15) is 0 Å². The first-order chi connectivity index (χ1) is 16.2. The molecule has 0 aliphatic rings. The normalized spacial score (nSPS) is 10.5. The second kappa shape index (κ2) is 9.89. The molecule has 0 bridgehead atoms. The largest absolute Gasteiger partial charge is 0.494 e. The molecular weight excluding hydrogens is 465 g/mol. The third kappa shape index (κ3) is 4.60. The van der Waals surface area contributed by atoms with Crippen LogP contribution in [-0.2, 0) is 6.61 Å². The Bertz CT molecular complexity index is 1210. The molecular formula is C20H15F3N4O7. The van der Waals surface area contributed by atoms with Gasteiger partial charge in [0.25, 0.3) is 5.69 Å². The number of anilines is 2. The van der Waals surface area contributed by atoms with E-state index in [4.69, 9.17) is 14.2 Å². The lowest BCUT2D eigenvalue weighted by Gasteiger charge is -2.18. The molecule has 0 unspecified atom stereocenters. The molecule has 1 aromatic heterocycles. The first kappa shape index (κ1) is 24.0. The zero-order valence-corrected chi connectivity index (χ0v) is 17.5. The minimum absolute atomic E-state index is 0.141. The molecule has 3 aromatic rings. The SMILES string of the molecule is COc1cc(OC)c(F)c(COc2cnc(N(C(=O)O)c3c(F)cccc3[N+](=O)[O-])nc2)c1F. The molecule has 3 rings (SSSR count). The first-order valence-corrected chi connectivity index (χ1v) is 9.19. The molecule has 0 atom stereocenters. The van der Waals surface area contributed by atoms with Crippen LogP contribution in [0.3, 0.4) is 0 Å². The number of rotatable bonds is 8. The first-order valence-electron chi connectivity index (χ1n) is 9.19. The van der Waals surface area contributed by atoms with E-state index < -0.39 is 58.0 Å². The Balaban J connectivity index is 1.90. The van der Waals surface area contributed by atoms with Crippen LogP contribution >= 0.6 is 0 Å². The molecule has 178 valence electrons. The minimum Gasteiger partial charge on any atom is -0.494 e. The predicted molar refractivity (Wildman–Crippen MR) is 109 cm³/mol. The number of hydrogen-bond acceptors (Lipinski definition) is 8. The summed E-state index contributed by atoms with van der Waals surface area (Å²) in [5.41, 5.74) is -2.24. The maximum atomic E-state index is 14.4. The number of carbonyl (C=O) groups is 1. The predicted octanol–water partition coefficient (Wildman–Crippen LogP) is 4.21. The van der Waals surface area contributed by atoms with Crippen molar-refractivity contribution in [1.82, 2.24) is 9.97 Å². The highest BCUT2D eigenvalue weighted by molar-refractivity contribution is 5.95. The van der Waals surface area contributed by atoms with Crippen molar-refractivity contribution in [3.63, 3.8) is 0 Å². The van der Waals surface area contributed by atoms with Gasteiger partial charge in [-0.25, -0.2) is 32.8 Å². The molecule has 34 heavy (non-hydrogen) atoms. The lowest BCUT2D eigenvalue weighted by molar-refractivity contribution is -0.384. The highest BCUT2D eigenvalue weighted by atomic mass is 19.1. The summed E-state index contributed by atoms with van der Waals surface area (Å²) in [6.45, 7) is -0.643. The van der Waals surface area contributed by atoms with Crippen LogP contribution in [0.2, 0.25) is 0 Å². The minimum atomic E-state index is -1.80. The zero-order chi connectivity index (χ0) is 25.0.